The van der Waals surface area contributed by atoms with Crippen molar-refractivity contribution in [3.05, 3.63) is 48.5 Å². The van der Waals surface area contributed by atoms with Crippen molar-refractivity contribution in [3.8, 4) is 17.4 Å². The summed E-state index contributed by atoms with van der Waals surface area (Å²) in [4.78, 5) is 14.7. The zero-order valence-corrected chi connectivity index (χ0v) is 20.2. The van der Waals surface area contributed by atoms with E-state index in [1.165, 1.54) is 7.11 Å². The van der Waals surface area contributed by atoms with Crippen molar-refractivity contribution < 1.29 is 19.4 Å². The molecule has 0 spiro atoms. The number of rotatable bonds is 13. The van der Waals surface area contributed by atoms with E-state index in [0.29, 0.717) is 18.2 Å². The summed E-state index contributed by atoms with van der Waals surface area (Å²) in [6.45, 7) is 6.52. The predicted molar refractivity (Wildman–Crippen MR) is 133 cm³/mol. The van der Waals surface area contributed by atoms with Gasteiger partial charge in [0.1, 0.15) is 0 Å². The molecule has 0 bridgehead atoms. The predicted octanol–water partition coefficient (Wildman–Crippen LogP) is 5.90. The van der Waals surface area contributed by atoms with E-state index in [-0.39, 0.29) is 18.2 Å². The molecule has 2 aromatic carbocycles. The van der Waals surface area contributed by atoms with Crippen molar-refractivity contribution in [2.45, 2.75) is 46.2 Å². The van der Waals surface area contributed by atoms with Gasteiger partial charge in [0.25, 0.3) is 0 Å². The Morgan fingerprint density at radius 2 is 1.65 bits per heavy atom. The Morgan fingerprint density at radius 1 is 1.00 bits per heavy atom. The minimum absolute atomic E-state index is 0.00129. The van der Waals surface area contributed by atoms with Gasteiger partial charge >= 0.3 is 5.91 Å². The third-order valence-corrected chi connectivity index (χ3v) is 5.60. The molecule has 3 aromatic rings. The normalized spacial score (nSPS) is 11.5. The lowest BCUT2D eigenvalue weighted by Crippen LogP contribution is -2.28. The Hall–Kier alpha value is -3.39. The molecule has 0 saturated carbocycles. The second-order valence-electron chi connectivity index (χ2n) is 8.12. The Labute approximate surface area is 200 Å². The number of nitrogens with zero attached hydrogens (tertiary/aromatic N) is 4. The van der Waals surface area contributed by atoms with E-state index < -0.39 is 5.91 Å². The van der Waals surface area contributed by atoms with E-state index in [1.54, 1.807) is 18.2 Å². The number of para-hydroxylation sites is 3. The van der Waals surface area contributed by atoms with Gasteiger partial charge in [0.05, 0.1) is 19.3 Å². The van der Waals surface area contributed by atoms with Crippen molar-refractivity contribution in [1.82, 2.24) is 9.47 Å². The summed E-state index contributed by atoms with van der Waals surface area (Å²) < 4.78 is 12.6. The number of azo groups is 1. The molecule has 0 aliphatic carbocycles. The molecule has 0 saturated heterocycles. The molecule has 1 N–H and O–H groups in total. The highest BCUT2D eigenvalue weighted by atomic mass is 16.5. The highest BCUT2D eigenvalue weighted by Crippen LogP contribution is 2.39. The Kier molecular flexibility index (Phi) is 9.46. The number of aromatic nitrogens is 1. The first-order chi connectivity index (χ1) is 16.6. The Morgan fingerprint density at radius 3 is 2.32 bits per heavy atom. The van der Waals surface area contributed by atoms with E-state index in [1.807, 2.05) is 34.9 Å². The summed E-state index contributed by atoms with van der Waals surface area (Å²) in [5, 5.41) is 19.7. The maximum Gasteiger partial charge on any atom is 0.302 e. The summed E-state index contributed by atoms with van der Waals surface area (Å²) in [7, 11) is 1.54. The van der Waals surface area contributed by atoms with Crippen LogP contribution in [-0.2, 0) is 11.5 Å². The number of carbonyl (C=O) groups is 1. The second kappa shape index (κ2) is 12.7. The smallest absolute Gasteiger partial charge is 0.302 e. The van der Waals surface area contributed by atoms with Crippen molar-refractivity contribution in [3.63, 3.8) is 0 Å². The lowest BCUT2D eigenvalue weighted by Gasteiger charge is -2.23. The minimum Gasteiger partial charge on any atom is -0.493 e. The molecule has 1 heterocycles. The van der Waals surface area contributed by atoms with Crippen LogP contribution >= 0.6 is 0 Å². The summed E-state index contributed by atoms with van der Waals surface area (Å²) in [6, 6.07) is 14.7. The lowest BCUT2D eigenvalue weighted by molar-refractivity contribution is -0.120. The van der Waals surface area contributed by atoms with Crippen LogP contribution in [0.15, 0.2) is 58.8 Å². The number of amides is 1. The highest BCUT2D eigenvalue weighted by molar-refractivity contribution is 5.95. The van der Waals surface area contributed by atoms with Crippen LogP contribution in [0.2, 0.25) is 0 Å². The first-order valence-electron chi connectivity index (χ1n) is 11.8. The van der Waals surface area contributed by atoms with Crippen LogP contribution in [0.25, 0.3) is 10.9 Å². The van der Waals surface area contributed by atoms with Gasteiger partial charge in [-0.25, -0.2) is 0 Å². The van der Waals surface area contributed by atoms with Gasteiger partial charge in [0.15, 0.2) is 23.8 Å². The average molecular weight is 467 g/mol. The Bertz CT molecular complexity index is 1100. The van der Waals surface area contributed by atoms with Crippen LogP contribution in [0.4, 0.5) is 5.69 Å². The number of fused-ring (bicyclic) bond motifs is 1. The van der Waals surface area contributed by atoms with E-state index >= 15 is 0 Å². The molecule has 8 nitrogen and oxygen atoms in total. The molecule has 0 atom stereocenters. The van der Waals surface area contributed by atoms with Gasteiger partial charge in [-0.15, -0.1) is 10.2 Å². The summed E-state index contributed by atoms with van der Waals surface area (Å²) in [5.41, 5.74) is 1.14. The van der Waals surface area contributed by atoms with Gasteiger partial charge in [-0.3, -0.25) is 14.3 Å². The zero-order chi connectivity index (χ0) is 24.3. The first-order valence-corrected chi connectivity index (χ1v) is 11.8. The van der Waals surface area contributed by atoms with Gasteiger partial charge in [0, 0.05) is 5.39 Å². The summed E-state index contributed by atoms with van der Waals surface area (Å²) in [6.07, 6.45) is 4.41. The molecular formula is C26H34N4O4. The molecule has 3 rings (SSSR count). The molecule has 1 aromatic heterocycles. The molecule has 0 fully saturated rings. The van der Waals surface area contributed by atoms with Crippen LogP contribution in [0.1, 0.15) is 39.5 Å². The third-order valence-electron chi connectivity index (χ3n) is 5.60. The fraction of sp³-hybridized carbons (Fsp3) is 0.423. The fourth-order valence-corrected chi connectivity index (χ4v) is 3.74. The number of hydrogen-bond acceptors (Lipinski definition) is 6. The maximum atomic E-state index is 12.3. The molecule has 0 unspecified atom stereocenters. The summed E-state index contributed by atoms with van der Waals surface area (Å²) >= 11 is 0. The van der Waals surface area contributed by atoms with Gasteiger partial charge in [-0.05, 0) is 44.1 Å². The second-order valence-corrected chi connectivity index (χ2v) is 8.12. The number of benzene rings is 2. The van der Waals surface area contributed by atoms with Crippen molar-refractivity contribution >= 4 is 22.5 Å². The Balaban J connectivity index is 1.79. The van der Waals surface area contributed by atoms with E-state index in [2.05, 4.69) is 29.0 Å². The van der Waals surface area contributed by atoms with Crippen LogP contribution < -0.4 is 9.47 Å². The zero-order valence-electron chi connectivity index (χ0n) is 20.2. The molecule has 8 heteroatoms. The van der Waals surface area contributed by atoms with Gasteiger partial charge in [-0.2, -0.15) is 0 Å². The van der Waals surface area contributed by atoms with Crippen molar-refractivity contribution in [1.29, 1.82) is 0 Å². The van der Waals surface area contributed by atoms with Gasteiger partial charge in [-0.1, -0.05) is 57.0 Å². The molecule has 34 heavy (non-hydrogen) atoms. The highest BCUT2D eigenvalue weighted by Gasteiger charge is 2.19. The largest absolute Gasteiger partial charge is 0.493 e. The van der Waals surface area contributed by atoms with Gasteiger partial charge < -0.3 is 14.6 Å². The van der Waals surface area contributed by atoms with Crippen LogP contribution in [0.3, 0.4) is 0 Å². The van der Waals surface area contributed by atoms with Crippen LogP contribution in [0, 0.1) is 0 Å². The quantitative estimate of drug-likeness (QED) is 0.317. The maximum absolute atomic E-state index is 12.3. The molecular weight excluding hydrogens is 432 g/mol. The van der Waals surface area contributed by atoms with Crippen molar-refractivity contribution in [2.24, 2.45) is 10.2 Å². The molecule has 182 valence electrons. The van der Waals surface area contributed by atoms with E-state index in [9.17, 15) is 9.90 Å². The summed E-state index contributed by atoms with van der Waals surface area (Å²) in [5.74, 6) is 0.423. The monoisotopic (exact) mass is 466 g/mol. The number of carbonyl (C=O) groups excluding carboxylic acids is 1. The third kappa shape index (κ3) is 6.35. The fourth-order valence-electron chi connectivity index (χ4n) is 3.74. The first kappa shape index (κ1) is 25.2. The number of methoxy groups -OCH3 is 1. The molecule has 0 aliphatic rings. The van der Waals surface area contributed by atoms with Crippen LogP contribution in [0.5, 0.6) is 17.4 Å². The lowest BCUT2D eigenvalue weighted by atomic mass is 10.2. The number of hydrogen-bond donors (Lipinski definition) is 1. The topological polar surface area (TPSA) is 88.7 Å². The van der Waals surface area contributed by atoms with Crippen LogP contribution in [-0.4, -0.2) is 47.3 Å². The standard InChI is InChI=1S/C26H34N4O4/c1-4-6-16-29(17-7-5-2)19-30-21-13-9-8-12-20(21)25(26(30)32)28-27-24(31)18-34-23-15-11-10-14-22(23)33-3/h8-15,32H,4-7,16-19H2,1-3H3. The van der Waals surface area contributed by atoms with Gasteiger partial charge in [0.2, 0.25) is 5.88 Å². The molecule has 0 radical (unpaired) electrons. The van der Waals surface area contributed by atoms with E-state index in [0.717, 1.165) is 49.7 Å². The molecule has 0 aliphatic heterocycles. The number of ether oxygens (including phenoxy) is 2. The van der Waals surface area contributed by atoms with Crippen molar-refractivity contribution in [2.75, 3.05) is 26.8 Å². The number of aromatic hydroxyl groups is 1. The van der Waals surface area contributed by atoms with E-state index in [4.69, 9.17) is 9.47 Å². The average Bonchev–Trinajstić information content (AvgIpc) is 3.13. The molecule has 1 amide bonds. The number of unbranched alkanes of at least 4 members (excludes halogenated alkanes) is 2. The SMILES string of the molecule is CCCCN(CCCC)Cn1c(O)c(N=NC(=O)COc2ccccc2OC)c2ccccc21. The minimum atomic E-state index is -0.561.